The molecule has 0 radical (unpaired) electrons. The second-order valence-electron chi connectivity index (χ2n) is 8.97. The predicted octanol–water partition coefficient (Wildman–Crippen LogP) is 2.14. The topological polar surface area (TPSA) is 135 Å². The Morgan fingerprint density at radius 3 is 2.62 bits per heavy atom. The van der Waals surface area contributed by atoms with Crippen molar-refractivity contribution in [3.05, 3.63) is 45.1 Å². The maximum atomic E-state index is 13.0. The summed E-state index contributed by atoms with van der Waals surface area (Å²) in [7, 11) is 2.01. The number of aromatic nitrogens is 2. The first kappa shape index (κ1) is 23.6. The summed E-state index contributed by atoms with van der Waals surface area (Å²) in [5.74, 6) is -0.328. The zero-order chi connectivity index (χ0) is 24.6. The Kier molecular flexibility index (Phi) is 6.28. The minimum atomic E-state index is -0.636. The fraction of sp³-hybridized carbons (Fsp3) is 0.500. The van der Waals surface area contributed by atoms with Gasteiger partial charge in [-0.3, -0.25) is 14.9 Å². The van der Waals surface area contributed by atoms with E-state index in [4.69, 9.17) is 4.74 Å². The van der Waals surface area contributed by atoms with Crippen LogP contribution in [0.25, 0.3) is 0 Å². The van der Waals surface area contributed by atoms with Gasteiger partial charge in [-0.2, -0.15) is 4.68 Å². The molecular weight excluding hydrogens is 442 g/mol. The highest BCUT2D eigenvalue weighted by atomic mass is 16.6. The van der Waals surface area contributed by atoms with Crippen LogP contribution in [0.5, 0.6) is 0 Å². The number of carbonyl (C=O) groups excluding carboxylic acids is 2. The van der Waals surface area contributed by atoms with Gasteiger partial charge in [-0.1, -0.05) is 0 Å². The minimum absolute atomic E-state index is 0.123. The molecule has 1 aromatic heterocycles. The van der Waals surface area contributed by atoms with Crippen molar-refractivity contribution in [3.63, 3.8) is 0 Å². The molecule has 0 aliphatic carbocycles. The van der Waals surface area contributed by atoms with E-state index in [1.807, 2.05) is 25.8 Å². The molecule has 0 spiro atoms. The number of likely N-dealkylation sites (N-methyl/N-ethyl adjacent to an activating group) is 1. The summed E-state index contributed by atoms with van der Waals surface area (Å²) < 4.78 is 6.27. The lowest BCUT2D eigenvalue weighted by molar-refractivity contribution is -0.384. The van der Waals surface area contributed by atoms with Gasteiger partial charge in [0.2, 0.25) is 0 Å². The maximum Gasteiger partial charge on any atom is 0.435 e. The molecule has 2 aliphatic heterocycles. The number of rotatable bonds is 5. The van der Waals surface area contributed by atoms with Crippen LogP contribution >= 0.6 is 0 Å². The number of hydrogen-bond donors (Lipinski definition) is 2. The molecule has 1 saturated heterocycles. The number of carbonyl (C=O) groups is 2. The van der Waals surface area contributed by atoms with Gasteiger partial charge in [-0.25, -0.2) is 4.79 Å². The predicted molar refractivity (Wildman–Crippen MR) is 125 cm³/mol. The molecule has 12 heteroatoms. The first-order chi connectivity index (χ1) is 16.1. The summed E-state index contributed by atoms with van der Waals surface area (Å²) in [4.78, 5) is 40.9. The molecule has 0 atom stereocenters. The highest BCUT2D eigenvalue weighted by molar-refractivity contribution is 6.05. The summed E-state index contributed by atoms with van der Waals surface area (Å²) >= 11 is 0. The van der Waals surface area contributed by atoms with Crippen molar-refractivity contribution >= 4 is 29.2 Å². The Balaban J connectivity index is 1.62. The molecule has 1 aromatic carbocycles. The third-order valence-electron chi connectivity index (χ3n) is 6.23. The van der Waals surface area contributed by atoms with E-state index in [9.17, 15) is 19.7 Å². The summed E-state index contributed by atoms with van der Waals surface area (Å²) in [6.07, 6.45) is -0.636. The van der Waals surface area contributed by atoms with E-state index >= 15 is 0 Å². The smallest absolute Gasteiger partial charge is 0.435 e. The second kappa shape index (κ2) is 9.03. The fourth-order valence-corrected chi connectivity index (χ4v) is 4.38. The lowest BCUT2D eigenvalue weighted by atomic mass is 10.0. The molecular formula is C22H29N7O5. The number of hydrogen-bond acceptors (Lipinski definition) is 9. The number of piperazine rings is 1. The third-order valence-corrected chi connectivity index (χ3v) is 6.23. The normalized spacial score (nSPS) is 17.4. The molecule has 3 heterocycles. The van der Waals surface area contributed by atoms with E-state index in [1.54, 1.807) is 19.1 Å². The first-order valence-corrected chi connectivity index (χ1v) is 11.2. The molecule has 1 fully saturated rings. The van der Waals surface area contributed by atoms with E-state index in [0.29, 0.717) is 36.6 Å². The number of fused-ring (bicyclic) bond motifs is 1. The van der Waals surface area contributed by atoms with E-state index < -0.39 is 22.5 Å². The molecule has 0 saturated carbocycles. The monoisotopic (exact) mass is 471 g/mol. The molecule has 182 valence electrons. The number of nitrogens with zero attached hydrogens (tertiary/aromatic N) is 5. The van der Waals surface area contributed by atoms with Gasteiger partial charge < -0.3 is 25.2 Å². The number of nitrogens with one attached hydrogen (secondary N) is 2. The molecule has 0 unspecified atom stereocenters. The average molecular weight is 472 g/mol. The molecule has 2 aliphatic rings. The van der Waals surface area contributed by atoms with Crippen LogP contribution in [-0.4, -0.2) is 71.4 Å². The van der Waals surface area contributed by atoms with E-state index in [2.05, 4.69) is 20.6 Å². The Bertz CT molecular complexity index is 1130. The van der Waals surface area contributed by atoms with Crippen molar-refractivity contribution in [2.24, 2.45) is 0 Å². The van der Waals surface area contributed by atoms with Crippen molar-refractivity contribution in [3.8, 4) is 0 Å². The van der Waals surface area contributed by atoms with Crippen molar-refractivity contribution < 1.29 is 19.2 Å². The van der Waals surface area contributed by atoms with E-state index in [-0.39, 0.29) is 23.7 Å². The Labute approximate surface area is 197 Å². The third kappa shape index (κ3) is 4.33. The van der Waals surface area contributed by atoms with Gasteiger partial charge in [0, 0.05) is 49.9 Å². The van der Waals surface area contributed by atoms with Crippen molar-refractivity contribution in [2.45, 2.75) is 32.9 Å². The van der Waals surface area contributed by atoms with Crippen molar-refractivity contribution in [2.75, 3.05) is 50.1 Å². The zero-order valence-electron chi connectivity index (χ0n) is 19.8. The van der Waals surface area contributed by atoms with Crippen LogP contribution < -0.4 is 15.5 Å². The Hall–Kier alpha value is -3.51. The summed E-state index contributed by atoms with van der Waals surface area (Å²) in [6.45, 7) is 9.05. The van der Waals surface area contributed by atoms with Gasteiger partial charge in [0.05, 0.1) is 22.8 Å². The summed E-state index contributed by atoms with van der Waals surface area (Å²) in [5, 5.41) is 22.1. The van der Waals surface area contributed by atoms with Gasteiger partial charge in [-0.05, 0) is 40.0 Å². The molecule has 2 aromatic rings. The Morgan fingerprint density at radius 1 is 1.26 bits per heavy atom. The SMILES string of the molecule is CCOC(=O)n1nc(NC(=O)c2ccc(N3CCN(C)CC3)c([N+](=O)[O-])c2)c2c1C(C)(C)NC2. The quantitative estimate of drug-likeness (QED) is 0.497. The van der Waals surface area contributed by atoms with Crippen molar-refractivity contribution in [1.29, 1.82) is 0 Å². The van der Waals surface area contributed by atoms with Crippen LogP contribution in [0, 0.1) is 10.1 Å². The summed E-state index contributed by atoms with van der Waals surface area (Å²) in [5.41, 5.74) is 1.23. The Morgan fingerprint density at radius 2 is 1.97 bits per heavy atom. The molecule has 34 heavy (non-hydrogen) atoms. The van der Waals surface area contributed by atoms with Gasteiger partial charge in [-0.15, -0.1) is 5.10 Å². The average Bonchev–Trinajstić information content (AvgIpc) is 3.32. The molecule has 2 N–H and O–H groups in total. The zero-order valence-corrected chi connectivity index (χ0v) is 19.8. The van der Waals surface area contributed by atoms with Crippen LogP contribution in [0.3, 0.4) is 0 Å². The first-order valence-electron chi connectivity index (χ1n) is 11.2. The standard InChI is InChI=1S/C22H29N7O5/c1-5-34-21(31)28-18-15(13-23-22(18,2)3)19(25-28)24-20(30)14-6-7-16(17(12-14)29(32)33)27-10-8-26(4)9-11-27/h6-7,12,23H,5,8-11,13H2,1-4H3,(H,24,25,30). The van der Waals surface area contributed by atoms with E-state index in [1.165, 1.54) is 6.07 Å². The van der Waals surface area contributed by atoms with Gasteiger partial charge in [0.15, 0.2) is 5.82 Å². The lowest BCUT2D eigenvalue weighted by Gasteiger charge is -2.33. The van der Waals surface area contributed by atoms with E-state index in [0.717, 1.165) is 17.8 Å². The number of nitro groups is 1. The van der Waals surface area contributed by atoms with Crippen LogP contribution in [0.2, 0.25) is 0 Å². The van der Waals surface area contributed by atoms with Crippen LogP contribution in [-0.2, 0) is 16.8 Å². The largest absolute Gasteiger partial charge is 0.448 e. The summed E-state index contributed by atoms with van der Waals surface area (Å²) in [6, 6.07) is 4.47. The number of nitro benzene ring substituents is 1. The highest BCUT2D eigenvalue weighted by Gasteiger charge is 2.39. The maximum absolute atomic E-state index is 13.0. The van der Waals surface area contributed by atoms with Crippen LogP contribution in [0.15, 0.2) is 18.2 Å². The molecule has 4 rings (SSSR count). The second-order valence-corrected chi connectivity index (χ2v) is 8.97. The lowest BCUT2D eigenvalue weighted by Crippen LogP contribution is -2.44. The number of amides is 1. The molecule has 12 nitrogen and oxygen atoms in total. The van der Waals surface area contributed by atoms with Crippen LogP contribution in [0.4, 0.5) is 22.0 Å². The number of ether oxygens (including phenoxy) is 1. The fourth-order valence-electron chi connectivity index (χ4n) is 4.38. The van der Waals surface area contributed by atoms with Gasteiger partial charge in [0.25, 0.3) is 11.6 Å². The molecule has 0 bridgehead atoms. The number of benzene rings is 1. The van der Waals surface area contributed by atoms with Crippen molar-refractivity contribution in [1.82, 2.24) is 20.0 Å². The van der Waals surface area contributed by atoms with Crippen LogP contribution in [0.1, 0.15) is 42.4 Å². The van der Waals surface area contributed by atoms with Gasteiger partial charge in [0.1, 0.15) is 5.69 Å². The minimum Gasteiger partial charge on any atom is -0.448 e. The highest BCUT2D eigenvalue weighted by Crippen LogP contribution is 2.36. The number of anilines is 2. The van der Waals surface area contributed by atoms with Gasteiger partial charge >= 0.3 is 6.09 Å². The molecule has 1 amide bonds.